The smallest absolute Gasteiger partial charge is 0.220 e. The number of unbranched alkanes of at least 4 members (excludes halogenated alkanes) is 23. The van der Waals surface area contributed by atoms with Crippen LogP contribution in [0.3, 0.4) is 0 Å². The highest BCUT2D eigenvalue weighted by Gasteiger charge is 2.17. The monoisotopic (exact) mass is 698 g/mol. The van der Waals surface area contributed by atoms with Crippen molar-refractivity contribution in [1.82, 2.24) is 5.32 Å². The molecule has 0 bridgehead atoms. The van der Waals surface area contributed by atoms with Gasteiger partial charge < -0.3 is 15.5 Å². The Kier molecular flexibility index (Phi) is 39.9. The zero-order chi connectivity index (χ0) is 36.4. The molecule has 0 rings (SSSR count). The molecule has 0 aliphatic rings. The number of hydrogen-bond donors (Lipinski definition) is 3. The van der Waals surface area contributed by atoms with Crippen LogP contribution in [0.4, 0.5) is 0 Å². The van der Waals surface area contributed by atoms with Crippen LogP contribution in [0, 0.1) is 0 Å². The lowest BCUT2D eigenvalue weighted by Crippen LogP contribution is -2.45. The Morgan fingerprint density at radius 1 is 0.480 bits per heavy atom. The van der Waals surface area contributed by atoms with Crippen molar-refractivity contribution in [3.63, 3.8) is 0 Å². The predicted molar refractivity (Wildman–Crippen MR) is 221 cm³/mol. The van der Waals surface area contributed by atoms with Gasteiger partial charge in [-0.05, 0) is 70.6 Å². The van der Waals surface area contributed by atoms with Crippen molar-refractivity contribution in [1.29, 1.82) is 0 Å². The fourth-order valence-corrected chi connectivity index (χ4v) is 6.14. The molecule has 4 heteroatoms. The van der Waals surface area contributed by atoms with E-state index in [0.29, 0.717) is 6.42 Å². The Morgan fingerprint density at radius 2 is 0.840 bits per heavy atom. The largest absolute Gasteiger partial charge is 0.394 e. The summed E-state index contributed by atoms with van der Waals surface area (Å²) >= 11 is 0. The molecule has 0 spiro atoms. The third kappa shape index (κ3) is 37.3. The van der Waals surface area contributed by atoms with Gasteiger partial charge in [-0.1, -0.05) is 190 Å². The molecular formula is C46H83NO3. The molecule has 0 saturated heterocycles. The molecule has 1 amide bonds. The average Bonchev–Trinajstić information content (AvgIpc) is 3.12. The number of aliphatic hydroxyl groups is 2. The van der Waals surface area contributed by atoms with E-state index in [-0.39, 0.29) is 12.5 Å². The lowest BCUT2D eigenvalue weighted by atomic mass is 10.1. The van der Waals surface area contributed by atoms with Crippen LogP contribution in [-0.2, 0) is 4.79 Å². The maximum atomic E-state index is 12.4. The molecule has 0 aromatic carbocycles. The number of carbonyl (C=O) groups is 1. The number of nitrogens with one attached hydrogen (secondary N) is 1. The standard InChI is InChI=1S/C46H83NO3/c1-3-5-7-9-11-13-15-17-19-21-22-23-24-26-28-30-32-34-36-38-40-42-46(50)47-44(43-48)45(49)41-39-37-35-33-31-29-27-25-20-18-16-14-12-10-8-6-4-2/h15,17,21-22,24,26,31,33,39,41,44-45,48-49H,3-14,16,18-20,23,25,27-30,32,34-38,40,42-43H2,1-2H3,(H,47,50)/b17-15-,22-21-,26-24-,33-31+,41-39+. The molecule has 0 fully saturated rings. The van der Waals surface area contributed by atoms with E-state index in [4.69, 9.17) is 0 Å². The third-order valence-electron chi connectivity index (χ3n) is 9.47. The molecule has 290 valence electrons. The van der Waals surface area contributed by atoms with Crippen LogP contribution in [0.5, 0.6) is 0 Å². The molecule has 2 unspecified atom stereocenters. The van der Waals surface area contributed by atoms with Crippen molar-refractivity contribution in [2.75, 3.05) is 6.61 Å². The fraction of sp³-hybridized carbons (Fsp3) is 0.761. The van der Waals surface area contributed by atoms with Crippen molar-refractivity contribution in [3.8, 4) is 0 Å². The quantitative estimate of drug-likeness (QED) is 0.0444. The van der Waals surface area contributed by atoms with E-state index < -0.39 is 12.1 Å². The van der Waals surface area contributed by atoms with Crippen molar-refractivity contribution in [2.45, 2.75) is 219 Å². The number of carbonyl (C=O) groups excluding carboxylic acids is 1. The Labute approximate surface area is 311 Å². The Bertz CT molecular complexity index is 842. The Hall–Kier alpha value is -1.91. The SMILES string of the molecule is CCCCCCC/C=C\C/C=C\C/C=C\CCCCCCCCC(=O)NC(CO)C(O)/C=C/CC/C=C/CCCCCCCCCCCCC. The van der Waals surface area contributed by atoms with Crippen LogP contribution >= 0.6 is 0 Å². The topological polar surface area (TPSA) is 69.6 Å². The second kappa shape index (κ2) is 41.5. The normalized spacial score (nSPS) is 13.6. The van der Waals surface area contributed by atoms with E-state index in [0.717, 1.165) is 57.8 Å². The minimum absolute atomic E-state index is 0.0881. The van der Waals surface area contributed by atoms with E-state index in [2.05, 4.69) is 67.8 Å². The van der Waals surface area contributed by atoms with Crippen molar-refractivity contribution in [3.05, 3.63) is 60.8 Å². The summed E-state index contributed by atoms with van der Waals surface area (Å²) in [6.07, 6.45) is 57.5. The zero-order valence-corrected chi connectivity index (χ0v) is 33.2. The van der Waals surface area contributed by atoms with Gasteiger partial charge in [-0.2, -0.15) is 0 Å². The van der Waals surface area contributed by atoms with E-state index in [1.807, 2.05) is 6.08 Å². The summed E-state index contributed by atoms with van der Waals surface area (Å²) in [4.78, 5) is 12.4. The summed E-state index contributed by atoms with van der Waals surface area (Å²) < 4.78 is 0. The highest BCUT2D eigenvalue weighted by molar-refractivity contribution is 5.76. The highest BCUT2D eigenvalue weighted by Crippen LogP contribution is 2.13. The zero-order valence-electron chi connectivity index (χ0n) is 33.2. The number of rotatable bonds is 38. The van der Waals surface area contributed by atoms with Crippen LogP contribution in [-0.4, -0.2) is 34.9 Å². The minimum Gasteiger partial charge on any atom is -0.394 e. The van der Waals surface area contributed by atoms with E-state index in [1.54, 1.807) is 6.08 Å². The highest BCUT2D eigenvalue weighted by atomic mass is 16.3. The number of amides is 1. The first-order valence-electron chi connectivity index (χ1n) is 21.5. The first-order valence-corrected chi connectivity index (χ1v) is 21.5. The summed E-state index contributed by atoms with van der Waals surface area (Å²) in [7, 11) is 0. The van der Waals surface area contributed by atoms with Gasteiger partial charge in [0.05, 0.1) is 18.8 Å². The van der Waals surface area contributed by atoms with Crippen LogP contribution in [0.2, 0.25) is 0 Å². The summed E-state index contributed by atoms with van der Waals surface area (Å²) in [5, 5.41) is 23.0. The molecule has 3 N–H and O–H groups in total. The third-order valence-corrected chi connectivity index (χ3v) is 9.47. The van der Waals surface area contributed by atoms with Crippen molar-refractivity contribution >= 4 is 5.91 Å². The molecule has 0 heterocycles. The Morgan fingerprint density at radius 3 is 1.30 bits per heavy atom. The minimum atomic E-state index is -0.869. The fourth-order valence-electron chi connectivity index (χ4n) is 6.14. The van der Waals surface area contributed by atoms with Gasteiger partial charge in [0, 0.05) is 6.42 Å². The molecular weight excluding hydrogens is 615 g/mol. The molecule has 4 nitrogen and oxygen atoms in total. The first-order chi connectivity index (χ1) is 24.7. The number of aliphatic hydroxyl groups excluding tert-OH is 2. The van der Waals surface area contributed by atoms with Gasteiger partial charge in [0.15, 0.2) is 0 Å². The van der Waals surface area contributed by atoms with E-state index >= 15 is 0 Å². The molecule has 2 atom stereocenters. The Balaban J connectivity index is 3.68. The van der Waals surface area contributed by atoms with Gasteiger partial charge in [0.2, 0.25) is 5.91 Å². The van der Waals surface area contributed by atoms with E-state index in [1.165, 1.54) is 128 Å². The van der Waals surface area contributed by atoms with Gasteiger partial charge in [-0.3, -0.25) is 4.79 Å². The predicted octanol–water partition coefficient (Wildman–Crippen LogP) is 13.3. The average molecular weight is 698 g/mol. The van der Waals surface area contributed by atoms with Crippen molar-refractivity contribution in [2.24, 2.45) is 0 Å². The van der Waals surface area contributed by atoms with Gasteiger partial charge in [0.1, 0.15) is 0 Å². The van der Waals surface area contributed by atoms with Crippen LogP contribution in [0.15, 0.2) is 60.8 Å². The molecule has 0 aromatic rings. The maximum absolute atomic E-state index is 12.4. The van der Waals surface area contributed by atoms with Crippen molar-refractivity contribution < 1.29 is 15.0 Å². The van der Waals surface area contributed by atoms with Gasteiger partial charge in [-0.15, -0.1) is 0 Å². The number of allylic oxidation sites excluding steroid dienone is 9. The lowest BCUT2D eigenvalue weighted by Gasteiger charge is -2.19. The molecule has 0 saturated carbocycles. The van der Waals surface area contributed by atoms with Gasteiger partial charge in [0.25, 0.3) is 0 Å². The molecule has 0 radical (unpaired) electrons. The summed E-state index contributed by atoms with van der Waals surface area (Å²) in [6.45, 7) is 4.27. The molecule has 0 aromatic heterocycles. The maximum Gasteiger partial charge on any atom is 0.220 e. The second-order valence-corrected chi connectivity index (χ2v) is 14.4. The molecule has 0 aliphatic carbocycles. The molecule has 50 heavy (non-hydrogen) atoms. The molecule has 0 aliphatic heterocycles. The van der Waals surface area contributed by atoms with Crippen LogP contribution < -0.4 is 5.32 Å². The summed E-state index contributed by atoms with van der Waals surface area (Å²) in [6, 6.07) is -0.648. The second-order valence-electron chi connectivity index (χ2n) is 14.4. The van der Waals surface area contributed by atoms with Crippen LogP contribution in [0.25, 0.3) is 0 Å². The lowest BCUT2D eigenvalue weighted by molar-refractivity contribution is -0.123. The summed E-state index contributed by atoms with van der Waals surface area (Å²) in [5.41, 5.74) is 0. The van der Waals surface area contributed by atoms with Gasteiger partial charge in [-0.25, -0.2) is 0 Å². The first kappa shape index (κ1) is 48.1. The number of hydrogen-bond acceptors (Lipinski definition) is 3. The summed E-state index contributed by atoms with van der Waals surface area (Å²) in [5.74, 6) is -0.0881. The van der Waals surface area contributed by atoms with Gasteiger partial charge >= 0.3 is 0 Å². The van der Waals surface area contributed by atoms with E-state index in [9.17, 15) is 15.0 Å². The van der Waals surface area contributed by atoms with Crippen LogP contribution in [0.1, 0.15) is 206 Å².